The van der Waals surface area contributed by atoms with Crippen molar-refractivity contribution in [1.82, 2.24) is 9.55 Å². The molecule has 0 aromatic carbocycles. The molecule has 0 aliphatic heterocycles. The van der Waals surface area contributed by atoms with Crippen molar-refractivity contribution in [2.24, 2.45) is 5.92 Å². The van der Waals surface area contributed by atoms with E-state index < -0.39 is 0 Å². The minimum absolute atomic E-state index is 0.318. The molecule has 0 spiro atoms. The van der Waals surface area contributed by atoms with Gasteiger partial charge in [0.15, 0.2) is 0 Å². The molecule has 0 saturated heterocycles. The zero-order valence-corrected chi connectivity index (χ0v) is 11.0. The molecule has 1 aliphatic carbocycles. The van der Waals surface area contributed by atoms with E-state index in [-0.39, 0.29) is 0 Å². The number of ether oxygens (including phenoxy) is 1. The molecule has 1 aliphatic rings. The molecule has 0 radical (unpaired) electrons. The Morgan fingerprint density at radius 2 is 2.29 bits per heavy atom. The number of nitrogens with one attached hydrogen (secondary N) is 1. The first-order chi connectivity index (χ1) is 8.20. The zero-order valence-electron chi connectivity index (χ0n) is 11.0. The lowest BCUT2D eigenvalue weighted by molar-refractivity contribution is 0.163. The van der Waals surface area contributed by atoms with Crippen LogP contribution in [0.25, 0.3) is 0 Å². The predicted molar refractivity (Wildman–Crippen MR) is 69.2 cm³/mol. The van der Waals surface area contributed by atoms with Crippen molar-refractivity contribution in [1.29, 1.82) is 0 Å². The van der Waals surface area contributed by atoms with Gasteiger partial charge in [-0.2, -0.15) is 0 Å². The summed E-state index contributed by atoms with van der Waals surface area (Å²) in [6.45, 7) is 5.09. The van der Waals surface area contributed by atoms with Crippen LogP contribution in [0.1, 0.15) is 39.2 Å². The molecule has 1 N–H and O–H groups in total. The Morgan fingerprint density at radius 1 is 1.53 bits per heavy atom. The first-order valence-corrected chi connectivity index (χ1v) is 6.49. The minimum atomic E-state index is 0.318. The van der Waals surface area contributed by atoms with Gasteiger partial charge in [-0.25, -0.2) is 4.98 Å². The number of anilines is 1. The summed E-state index contributed by atoms with van der Waals surface area (Å²) in [4.78, 5) is 4.38. The van der Waals surface area contributed by atoms with E-state index in [1.54, 1.807) is 7.11 Å². The Kier molecular flexibility index (Phi) is 4.05. The van der Waals surface area contributed by atoms with Gasteiger partial charge in [0.05, 0.1) is 12.6 Å². The first kappa shape index (κ1) is 12.4. The number of hydrogen-bond acceptors (Lipinski definition) is 3. The maximum Gasteiger partial charge on any atom is 0.203 e. The van der Waals surface area contributed by atoms with Gasteiger partial charge in [0, 0.05) is 25.5 Å². The molecule has 2 atom stereocenters. The van der Waals surface area contributed by atoms with E-state index in [1.807, 2.05) is 12.4 Å². The van der Waals surface area contributed by atoms with Crippen molar-refractivity contribution in [2.75, 3.05) is 19.0 Å². The largest absolute Gasteiger partial charge is 0.383 e. The summed E-state index contributed by atoms with van der Waals surface area (Å²) >= 11 is 0. The molecule has 1 fully saturated rings. The molecule has 96 valence electrons. The SMILES string of the molecule is COCC(C)n1ccnc1NC(C)CC1CC1. The van der Waals surface area contributed by atoms with Crippen LogP contribution in [0.4, 0.5) is 5.95 Å². The van der Waals surface area contributed by atoms with Crippen molar-refractivity contribution in [2.45, 2.75) is 45.2 Å². The molecule has 0 bridgehead atoms. The van der Waals surface area contributed by atoms with Gasteiger partial charge in [-0.1, -0.05) is 12.8 Å². The summed E-state index contributed by atoms with van der Waals surface area (Å²) in [6.07, 6.45) is 7.92. The Morgan fingerprint density at radius 3 is 2.94 bits per heavy atom. The molecule has 1 heterocycles. The maximum absolute atomic E-state index is 5.19. The molecule has 1 saturated carbocycles. The fraction of sp³-hybridized carbons (Fsp3) is 0.769. The van der Waals surface area contributed by atoms with E-state index >= 15 is 0 Å². The highest BCUT2D eigenvalue weighted by Crippen LogP contribution is 2.34. The highest BCUT2D eigenvalue weighted by Gasteiger charge is 2.24. The van der Waals surface area contributed by atoms with Crippen molar-refractivity contribution in [3.05, 3.63) is 12.4 Å². The van der Waals surface area contributed by atoms with E-state index in [2.05, 4.69) is 28.7 Å². The van der Waals surface area contributed by atoms with E-state index in [4.69, 9.17) is 4.74 Å². The number of rotatable bonds is 7. The van der Waals surface area contributed by atoms with E-state index in [1.165, 1.54) is 19.3 Å². The first-order valence-electron chi connectivity index (χ1n) is 6.49. The van der Waals surface area contributed by atoms with Gasteiger partial charge in [0.1, 0.15) is 0 Å². The fourth-order valence-corrected chi connectivity index (χ4v) is 2.23. The highest BCUT2D eigenvalue weighted by molar-refractivity contribution is 5.28. The summed E-state index contributed by atoms with van der Waals surface area (Å²) in [5.74, 6) is 1.90. The molecular weight excluding hydrogens is 214 g/mol. The predicted octanol–water partition coefficient (Wildman–Crippen LogP) is 2.69. The molecule has 0 amide bonds. The zero-order chi connectivity index (χ0) is 12.3. The summed E-state index contributed by atoms with van der Waals surface area (Å²) < 4.78 is 7.33. The van der Waals surface area contributed by atoms with Crippen LogP contribution in [0.3, 0.4) is 0 Å². The third kappa shape index (κ3) is 3.46. The molecule has 2 rings (SSSR count). The minimum Gasteiger partial charge on any atom is -0.383 e. The van der Waals surface area contributed by atoms with Gasteiger partial charge in [-0.05, 0) is 26.2 Å². The van der Waals surface area contributed by atoms with E-state index in [9.17, 15) is 0 Å². The van der Waals surface area contributed by atoms with Crippen LogP contribution in [0, 0.1) is 5.92 Å². The molecular formula is C13H23N3O. The van der Waals surface area contributed by atoms with Crippen LogP contribution in [-0.4, -0.2) is 29.3 Å². The average Bonchev–Trinajstić information content (AvgIpc) is 2.95. The Bertz CT molecular complexity index is 346. The third-order valence-electron chi connectivity index (χ3n) is 3.31. The van der Waals surface area contributed by atoms with Gasteiger partial charge in [0.25, 0.3) is 0 Å². The van der Waals surface area contributed by atoms with Crippen LogP contribution in [0.15, 0.2) is 12.4 Å². The summed E-state index contributed by atoms with van der Waals surface area (Å²) in [7, 11) is 1.73. The molecule has 4 nitrogen and oxygen atoms in total. The van der Waals surface area contributed by atoms with Crippen molar-refractivity contribution >= 4 is 5.95 Å². The number of nitrogens with zero attached hydrogens (tertiary/aromatic N) is 2. The lowest BCUT2D eigenvalue weighted by Gasteiger charge is -2.19. The van der Waals surface area contributed by atoms with Crippen LogP contribution < -0.4 is 5.32 Å². The second kappa shape index (κ2) is 5.54. The maximum atomic E-state index is 5.19. The second-order valence-corrected chi connectivity index (χ2v) is 5.19. The summed E-state index contributed by atoms with van der Waals surface area (Å²) in [6, 6.07) is 0.816. The van der Waals surface area contributed by atoms with Crippen LogP contribution in [-0.2, 0) is 4.74 Å². The summed E-state index contributed by atoms with van der Waals surface area (Å²) in [5.41, 5.74) is 0. The molecule has 17 heavy (non-hydrogen) atoms. The standard InChI is InChI=1S/C13H23N3O/c1-10(8-12-4-5-12)15-13-14-6-7-16(13)11(2)9-17-3/h6-7,10-12H,4-5,8-9H2,1-3H3,(H,14,15). The molecule has 2 unspecified atom stereocenters. The smallest absolute Gasteiger partial charge is 0.203 e. The van der Waals surface area contributed by atoms with E-state index in [0.29, 0.717) is 18.7 Å². The van der Waals surface area contributed by atoms with E-state index in [0.717, 1.165) is 11.9 Å². The topological polar surface area (TPSA) is 39.1 Å². The normalized spacial score (nSPS) is 19.0. The van der Waals surface area contributed by atoms with Gasteiger partial charge in [-0.15, -0.1) is 0 Å². The monoisotopic (exact) mass is 237 g/mol. The lowest BCUT2D eigenvalue weighted by atomic mass is 10.2. The highest BCUT2D eigenvalue weighted by atomic mass is 16.5. The van der Waals surface area contributed by atoms with Crippen LogP contribution in [0.2, 0.25) is 0 Å². The van der Waals surface area contributed by atoms with Crippen molar-refractivity contribution in [3.8, 4) is 0 Å². The fourth-order valence-electron chi connectivity index (χ4n) is 2.23. The number of imidazole rings is 1. The van der Waals surface area contributed by atoms with Crippen molar-refractivity contribution < 1.29 is 4.74 Å². The molecule has 1 aromatic heterocycles. The molecule has 1 aromatic rings. The Labute approximate surface area is 103 Å². The van der Waals surface area contributed by atoms with Gasteiger partial charge in [-0.3, -0.25) is 0 Å². The Balaban J connectivity index is 1.92. The quantitative estimate of drug-likeness (QED) is 0.792. The van der Waals surface area contributed by atoms with Gasteiger partial charge >= 0.3 is 0 Å². The van der Waals surface area contributed by atoms with Crippen LogP contribution >= 0.6 is 0 Å². The second-order valence-electron chi connectivity index (χ2n) is 5.19. The van der Waals surface area contributed by atoms with Crippen molar-refractivity contribution in [3.63, 3.8) is 0 Å². The van der Waals surface area contributed by atoms with Gasteiger partial charge in [0.2, 0.25) is 5.95 Å². The number of aromatic nitrogens is 2. The average molecular weight is 237 g/mol. The number of hydrogen-bond donors (Lipinski definition) is 1. The number of methoxy groups -OCH3 is 1. The Hall–Kier alpha value is -1.03. The summed E-state index contributed by atoms with van der Waals surface area (Å²) in [5, 5.41) is 3.50. The van der Waals surface area contributed by atoms with Crippen LogP contribution in [0.5, 0.6) is 0 Å². The molecule has 4 heteroatoms. The lowest BCUT2D eigenvalue weighted by Crippen LogP contribution is -2.21. The van der Waals surface area contributed by atoms with Gasteiger partial charge < -0.3 is 14.6 Å². The third-order valence-corrected chi connectivity index (χ3v) is 3.31.